The minimum atomic E-state index is -3.74. The molecule has 2 rings (SSSR count). The van der Waals surface area contributed by atoms with Gasteiger partial charge in [0.15, 0.2) is 9.84 Å². The van der Waals surface area contributed by atoms with Crippen molar-refractivity contribution in [3.05, 3.63) is 54.1 Å². The number of nitrogens with one attached hydrogen (secondary N) is 1. The molecule has 0 saturated heterocycles. The van der Waals surface area contributed by atoms with Crippen LogP contribution in [0.15, 0.2) is 53.4 Å². The molecule has 0 heterocycles. The Balaban J connectivity index is 2.21. The molecule has 2 atom stereocenters. The summed E-state index contributed by atoms with van der Waals surface area (Å²) in [5.74, 6) is 0.113. The number of sulfonamides is 1. The van der Waals surface area contributed by atoms with E-state index in [0.717, 1.165) is 16.8 Å². The number of anilines is 1. The highest BCUT2D eigenvalue weighted by molar-refractivity contribution is 7.92. The first-order valence-electron chi connectivity index (χ1n) is 9.67. The average Bonchev–Trinajstić information content (AvgIpc) is 2.68. The minimum absolute atomic E-state index is 0.182. The second-order valence-electron chi connectivity index (χ2n) is 7.23. The lowest BCUT2D eigenvalue weighted by Crippen LogP contribution is -2.48. The molecular formula is C21H28N2O6S2. The molecule has 0 spiro atoms. The van der Waals surface area contributed by atoms with Gasteiger partial charge in [-0.1, -0.05) is 12.1 Å². The van der Waals surface area contributed by atoms with E-state index < -0.39 is 37.9 Å². The van der Waals surface area contributed by atoms with Crippen molar-refractivity contribution in [3.63, 3.8) is 0 Å². The first-order chi connectivity index (χ1) is 14.3. The fourth-order valence-corrected chi connectivity index (χ4v) is 4.89. The summed E-state index contributed by atoms with van der Waals surface area (Å²) in [6.07, 6.45) is 2.16. The zero-order chi connectivity index (χ0) is 23.4. The van der Waals surface area contributed by atoms with Crippen LogP contribution in [-0.4, -0.2) is 47.9 Å². The van der Waals surface area contributed by atoms with E-state index in [1.54, 1.807) is 43.3 Å². The first-order valence-corrected chi connectivity index (χ1v) is 13.4. The van der Waals surface area contributed by atoms with Crippen molar-refractivity contribution in [2.75, 3.05) is 23.4 Å². The highest BCUT2D eigenvalue weighted by Crippen LogP contribution is 2.24. The Morgan fingerprint density at radius 3 is 1.97 bits per heavy atom. The zero-order valence-corrected chi connectivity index (χ0v) is 19.8. The molecule has 1 amide bonds. The van der Waals surface area contributed by atoms with Gasteiger partial charge in [0.05, 0.1) is 29.5 Å². The van der Waals surface area contributed by atoms with Crippen LogP contribution in [0, 0.1) is 0 Å². The maximum Gasteiger partial charge on any atom is 0.244 e. The smallest absolute Gasteiger partial charge is 0.244 e. The Hall–Kier alpha value is -2.59. The SMILES string of the molecule is CCOc1ccc(N(C(C)C(=O)NC(C)c2ccc(S(C)(=O)=O)cc2)S(C)(=O)=O)cc1. The van der Waals surface area contributed by atoms with E-state index in [4.69, 9.17) is 4.74 Å². The van der Waals surface area contributed by atoms with Crippen molar-refractivity contribution in [3.8, 4) is 5.75 Å². The molecule has 1 N–H and O–H groups in total. The van der Waals surface area contributed by atoms with Gasteiger partial charge in [-0.3, -0.25) is 9.10 Å². The molecule has 31 heavy (non-hydrogen) atoms. The van der Waals surface area contributed by atoms with Gasteiger partial charge in [0.1, 0.15) is 11.8 Å². The van der Waals surface area contributed by atoms with Crippen molar-refractivity contribution in [1.82, 2.24) is 5.32 Å². The standard InChI is InChI=1S/C21H28N2O6S2/c1-6-29-19-11-9-18(10-12-19)23(31(5,27)28)16(3)21(24)22-15(2)17-7-13-20(14-8-17)30(4,25)26/h7-16H,6H2,1-5H3,(H,22,24). The lowest BCUT2D eigenvalue weighted by molar-refractivity contribution is -0.122. The molecule has 0 saturated carbocycles. The minimum Gasteiger partial charge on any atom is -0.494 e. The molecule has 0 radical (unpaired) electrons. The lowest BCUT2D eigenvalue weighted by Gasteiger charge is -2.29. The molecule has 0 aromatic heterocycles. The van der Waals surface area contributed by atoms with Gasteiger partial charge in [-0.05, 0) is 62.7 Å². The Morgan fingerprint density at radius 2 is 1.52 bits per heavy atom. The van der Waals surface area contributed by atoms with Crippen molar-refractivity contribution < 1.29 is 26.4 Å². The van der Waals surface area contributed by atoms with E-state index in [9.17, 15) is 21.6 Å². The lowest BCUT2D eigenvalue weighted by atomic mass is 10.1. The molecule has 8 nitrogen and oxygen atoms in total. The average molecular weight is 469 g/mol. The number of carbonyl (C=O) groups is 1. The van der Waals surface area contributed by atoms with Gasteiger partial charge in [-0.15, -0.1) is 0 Å². The number of carbonyl (C=O) groups excluding carboxylic acids is 1. The van der Waals surface area contributed by atoms with E-state index in [0.29, 0.717) is 23.6 Å². The summed E-state index contributed by atoms with van der Waals surface area (Å²) in [4.78, 5) is 13.0. The monoisotopic (exact) mass is 468 g/mol. The van der Waals surface area contributed by atoms with E-state index in [-0.39, 0.29) is 4.90 Å². The summed E-state index contributed by atoms with van der Waals surface area (Å²) in [6.45, 7) is 5.57. The predicted molar refractivity (Wildman–Crippen MR) is 121 cm³/mol. The van der Waals surface area contributed by atoms with Crippen molar-refractivity contribution >= 4 is 31.5 Å². The Morgan fingerprint density at radius 1 is 0.968 bits per heavy atom. The van der Waals surface area contributed by atoms with Crippen LogP contribution in [0.5, 0.6) is 5.75 Å². The number of rotatable bonds is 9. The number of sulfone groups is 1. The first kappa shape index (κ1) is 24.7. The molecule has 2 aromatic carbocycles. The maximum atomic E-state index is 12.8. The third-order valence-corrected chi connectivity index (χ3v) is 7.03. The topological polar surface area (TPSA) is 110 Å². The van der Waals surface area contributed by atoms with Crippen molar-refractivity contribution in [2.45, 2.75) is 37.8 Å². The van der Waals surface area contributed by atoms with Gasteiger partial charge in [-0.25, -0.2) is 16.8 Å². The molecule has 2 aromatic rings. The number of amides is 1. The van der Waals surface area contributed by atoms with Crippen LogP contribution < -0.4 is 14.4 Å². The highest BCUT2D eigenvalue weighted by atomic mass is 32.2. The van der Waals surface area contributed by atoms with E-state index >= 15 is 0 Å². The molecular weight excluding hydrogens is 440 g/mol. The number of ether oxygens (including phenoxy) is 1. The molecule has 170 valence electrons. The third-order valence-electron chi connectivity index (χ3n) is 4.66. The van der Waals surface area contributed by atoms with Crippen LogP contribution >= 0.6 is 0 Å². The summed E-state index contributed by atoms with van der Waals surface area (Å²) in [6, 6.07) is 11.2. The number of benzene rings is 2. The van der Waals surface area contributed by atoms with Gasteiger partial charge in [0, 0.05) is 6.26 Å². The van der Waals surface area contributed by atoms with Crippen molar-refractivity contribution in [2.24, 2.45) is 0 Å². The molecule has 10 heteroatoms. The Bertz CT molecular complexity index is 1110. The Labute approximate surface area is 184 Å². The van der Waals surface area contributed by atoms with Crippen LogP contribution in [0.25, 0.3) is 0 Å². The Kier molecular flexibility index (Phi) is 7.72. The molecule has 0 aliphatic rings. The summed E-state index contributed by atoms with van der Waals surface area (Å²) in [5, 5.41) is 2.79. The largest absolute Gasteiger partial charge is 0.494 e. The second-order valence-corrected chi connectivity index (χ2v) is 11.1. The van der Waals surface area contributed by atoms with Crippen LogP contribution in [0.4, 0.5) is 5.69 Å². The van der Waals surface area contributed by atoms with Gasteiger partial charge in [0.2, 0.25) is 15.9 Å². The molecule has 0 aliphatic carbocycles. The molecule has 0 fully saturated rings. The normalized spacial score (nSPS) is 13.8. The van der Waals surface area contributed by atoms with E-state index in [1.165, 1.54) is 19.1 Å². The molecule has 2 unspecified atom stereocenters. The predicted octanol–water partition coefficient (Wildman–Crippen LogP) is 2.52. The summed E-state index contributed by atoms with van der Waals surface area (Å²) in [7, 11) is -7.06. The summed E-state index contributed by atoms with van der Waals surface area (Å²) in [5.41, 5.74) is 1.04. The van der Waals surface area contributed by atoms with Crippen LogP contribution in [0.1, 0.15) is 32.4 Å². The van der Waals surface area contributed by atoms with Gasteiger partial charge >= 0.3 is 0 Å². The maximum absolute atomic E-state index is 12.8. The van der Waals surface area contributed by atoms with Gasteiger partial charge in [-0.2, -0.15) is 0 Å². The highest BCUT2D eigenvalue weighted by Gasteiger charge is 2.30. The fourth-order valence-electron chi connectivity index (χ4n) is 3.09. The summed E-state index contributed by atoms with van der Waals surface area (Å²) < 4.78 is 54.5. The summed E-state index contributed by atoms with van der Waals surface area (Å²) >= 11 is 0. The van der Waals surface area contributed by atoms with Gasteiger partial charge < -0.3 is 10.1 Å². The van der Waals surface area contributed by atoms with Gasteiger partial charge in [0.25, 0.3) is 0 Å². The van der Waals surface area contributed by atoms with E-state index in [1.807, 2.05) is 6.92 Å². The van der Waals surface area contributed by atoms with Crippen LogP contribution in [0.2, 0.25) is 0 Å². The quantitative estimate of drug-likeness (QED) is 0.606. The number of nitrogens with zero attached hydrogens (tertiary/aromatic N) is 1. The molecule has 0 bridgehead atoms. The number of hydrogen-bond acceptors (Lipinski definition) is 6. The van der Waals surface area contributed by atoms with Crippen LogP contribution in [-0.2, 0) is 24.7 Å². The molecule has 0 aliphatic heterocycles. The second kappa shape index (κ2) is 9.69. The van der Waals surface area contributed by atoms with Crippen LogP contribution in [0.3, 0.4) is 0 Å². The third kappa shape index (κ3) is 6.44. The fraction of sp³-hybridized carbons (Fsp3) is 0.381. The number of hydrogen-bond donors (Lipinski definition) is 1. The zero-order valence-electron chi connectivity index (χ0n) is 18.2. The van der Waals surface area contributed by atoms with E-state index in [2.05, 4.69) is 5.32 Å². The van der Waals surface area contributed by atoms with Crippen molar-refractivity contribution in [1.29, 1.82) is 0 Å².